The predicted octanol–water partition coefficient (Wildman–Crippen LogP) is 4.50. The average molecular weight is 338 g/mol. The average Bonchev–Trinajstić information content (AvgIpc) is 2.40. The van der Waals surface area contributed by atoms with Gasteiger partial charge in [0.2, 0.25) is 0 Å². The summed E-state index contributed by atoms with van der Waals surface area (Å²) in [4.78, 5) is 0. The molecule has 2 aromatic carbocycles. The number of halogens is 2. The molecule has 0 unspecified atom stereocenters. The third-order valence-electron chi connectivity index (χ3n) is 3.16. The van der Waals surface area contributed by atoms with Crippen LogP contribution >= 0.6 is 15.9 Å². The van der Waals surface area contributed by atoms with Gasteiger partial charge in [0.15, 0.2) is 0 Å². The van der Waals surface area contributed by atoms with E-state index in [1.807, 2.05) is 32.0 Å². The topological polar surface area (TPSA) is 35.2 Å². The molecule has 0 aliphatic heterocycles. The van der Waals surface area contributed by atoms with Crippen molar-refractivity contribution in [1.29, 1.82) is 0 Å². The first-order valence-corrected chi connectivity index (χ1v) is 7.19. The first kappa shape index (κ1) is 15.0. The zero-order chi connectivity index (χ0) is 14.7. The first-order valence-electron chi connectivity index (χ1n) is 6.40. The molecule has 2 N–H and O–H groups in total. The molecule has 0 heterocycles. The number of benzene rings is 2. The molecule has 0 aliphatic carbocycles. The summed E-state index contributed by atoms with van der Waals surface area (Å²) in [5.74, 6) is 0.476. The predicted molar refractivity (Wildman–Crippen MR) is 82.2 cm³/mol. The monoisotopic (exact) mass is 337 g/mol. The Morgan fingerprint density at radius 2 is 2.00 bits per heavy atom. The van der Waals surface area contributed by atoms with Gasteiger partial charge < -0.3 is 10.5 Å². The van der Waals surface area contributed by atoms with Gasteiger partial charge in [0.05, 0.1) is 0 Å². The second-order valence-electron chi connectivity index (χ2n) is 4.83. The summed E-state index contributed by atoms with van der Waals surface area (Å²) in [6, 6.07) is 10.3. The van der Waals surface area contributed by atoms with E-state index in [2.05, 4.69) is 15.9 Å². The minimum absolute atomic E-state index is 0.129. The highest BCUT2D eigenvalue weighted by Gasteiger charge is 2.10. The Balaban J connectivity index is 2.20. The van der Waals surface area contributed by atoms with E-state index >= 15 is 0 Å². The van der Waals surface area contributed by atoms with Crippen LogP contribution in [0.1, 0.15) is 29.7 Å². The van der Waals surface area contributed by atoms with Crippen LogP contribution in [0, 0.1) is 12.7 Å². The summed E-state index contributed by atoms with van der Waals surface area (Å²) < 4.78 is 20.0. The maximum atomic E-state index is 13.3. The van der Waals surface area contributed by atoms with Gasteiger partial charge in [-0.1, -0.05) is 22.0 Å². The molecule has 0 aromatic heterocycles. The van der Waals surface area contributed by atoms with E-state index in [-0.39, 0.29) is 11.9 Å². The van der Waals surface area contributed by atoms with Crippen LogP contribution in [0.15, 0.2) is 40.9 Å². The van der Waals surface area contributed by atoms with Crippen LogP contribution in [0.2, 0.25) is 0 Å². The van der Waals surface area contributed by atoms with Crippen LogP contribution in [0.3, 0.4) is 0 Å². The van der Waals surface area contributed by atoms with Gasteiger partial charge >= 0.3 is 0 Å². The summed E-state index contributed by atoms with van der Waals surface area (Å²) >= 11 is 3.42. The molecule has 0 radical (unpaired) electrons. The molecule has 0 bridgehead atoms. The molecule has 0 spiro atoms. The van der Waals surface area contributed by atoms with Crippen LogP contribution in [-0.4, -0.2) is 0 Å². The van der Waals surface area contributed by atoms with E-state index in [0.29, 0.717) is 6.61 Å². The quantitative estimate of drug-likeness (QED) is 0.891. The van der Waals surface area contributed by atoms with Crippen molar-refractivity contribution >= 4 is 15.9 Å². The fourth-order valence-electron chi connectivity index (χ4n) is 1.96. The van der Waals surface area contributed by atoms with Gasteiger partial charge in [-0.15, -0.1) is 0 Å². The zero-order valence-corrected chi connectivity index (χ0v) is 13.1. The molecular formula is C16H17BrFNO. The van der Waals surface area contributed by atoms with Crippen LogP contribution in [0.4, 0.5) is 4.39 Å². The molecule has 2 rings (SSSR count). The minimum atomic E-state index is -0.252. The Kier molecular flexibility index (Phi) is 4.78. The van der Waals surface area contributed by atoms with Gasteiger partial charge in [-0.2, -0.15) is 0 Å². The van der Waals surface area contributed by atoms with Crippen LogP contribution < -0.4 is 10.5 Å². The smallest absolute Gasteiger partial charge is 0.124 e. The molecule has 4 heteroatoms. The van der Waals surface area contributed by atoms with Crippen molar-refractivity contribution in [3.63, 3.8) is 0 Å². The van der Waals surface area contributed by atoms with Gasteiger partial charge in [-0.3, -0.25) is 0 Å². The third kappa shape index (κ3) is 3.58. The normalized spacial score (nSPS) is 12.2. The van der Waals surface area contributed by atoms with Crippen molar-refractivity contribution in [3.8, 4) is 5.75 Å². The highest BCUT2D eigenvalue weighted by Crippen LogP contribution is 2.28. The number of ether oxygens (including phenoxy) is 1. The second kappa shape index (κ2) is 6.37. The Morgan fingerprint density at radius 1 is 1.25 bits per heavy atom. The standard InChI is InChI=1S/C16H17BrFNO/c1-10-3-5-14(18)7-12(10)9-20-16-6-4-13(17)8-15(16)11(2)19/h3-8,11H,9,19H2,1-2H3/t11-/m0/s1. The van der Waals surface area contributed by atoms with Crippen molar-refractivity contribution < 1.29 is 9.13 Å². The first-order chi connectivity index (χ1) is 9.47. The Labute approximate surface area is 126 Å². The van der Waals surface area contributed by atoms with Crippen LogP contribution in [0.25, 0.3) is 0 Å². The fraction of sp³-hybridized carbons (Fsp3) is 0.250. The van der Waals surface area contributed by atoms with Gasteiger partial charge in [-0.05, 0) is 55.3 Å². The SMILES string of the molecule is Cc1ccc(F)cc1COc1ccc(Br)cc1[C@H](C)N. The highest BCUT2D eigenvalue weighted by molar-refractivity contribution is 9.10. The number of hydrogen-bond acceptors (Lipinski definition) is 2. The fourth-order valence-corrected chi connectivity index (χ4v) is 2.34. The molecule has 2 aromatic rings. The summed E-state index contributed by atoms with van der Waals surface area (Å²) in [5, 5.41) is 0. The zero-order valence-electron chi connectivity index (χ0n) is 11.5. The van der Waals surface area contributed by atoms with E-state index < -0.39 is 0 Å². The number of rotatable bonds is 4. The van der Waals surface area contributed by atoms with Gasteiger partial charge in [0.1, 0.15) is 18.2 Å². The Morgan fingerprint density at radius 3 is 2.70 bits per heavy atom. The summed E-state index contributed by atoms with van der Waals surface area (Å²) in [7, 11) is 0. The second-order valence-corrected chi connectivity index (χ2v) is 5.75. The van der Waals surface area contributed by atoms with Gasteiger partial charge in [-0.25, -0.2) is 4.39 Å². The van der Waals surface area contributed by atoms with Gasteiger partial charge in [0, 0.05) is 16.1 Å². The molecule has 0 amide bonds. The van der Waals surface area contributed by atoms with Crippen LogP contribution in [0.5, 0.6) is 5.75 Å². The summed E-state index contributed by atoms with van der Waals surface area (Å²) in [5.41, 5.74) is 8.71. The molecule has 2 nitrogen and oxygen atoms in total. The van der Waals surface area contributed by atoms with E-state index in [1.54, 1.807) is 6.07 Å². The van der Waals surface area contributed by atoms with Crippen molar-refractivity contribution in [1.82, 2.24) is 0 Å². The van der Waals surface area contributed by atoms with E-state index in [9.17, 15) is 4.39 Å². The molecule has 106 valence electrons. The largest absolute Gasteiger partial charge is 0.489 e. The molecule has 1 atom stereocenters. The van der Waals surface area contributed by atoms with Crippen LogP contribution in [-0.2, 0) is 6.61 Å². The Bertz CT molecular complexity index is 613. The summed E-state index contributed by atoms with van der Waals surface area (Å²) in [6.07, 6.45) is 0. The maximum absolute atomic E-state index is 13.3. The molecule has 0 saturated carbocycles. The molecule has 0 saturated heterocycles. The molecule has 0 aliphatic rings. The number of nitrogens with two attached hydrogens (primary N) is 1. The van der Waals surface area contributed by atoms with Crippen molar-refractivity contribution in [3.05, 3.63) is 63.4 Å². The van der Waals surface area contributed by atoms with Crippen molar-refractivity contribution in [2.45, 2.75) is 26.5 Å². The minimum Gasteiger partial charge on any atom is -0.489 e. The summed E-state index contributed by atoms with van der Waals surface area (Å²) in [6.45, 7) is 4.17. The van der Waals surface area contributed by atoms with Gasteiger partial charge in [0.25, 0.3) is 0 Å². The number of hydrogen-bond donors (Lipinski definition) is 1. The lowest BCUT2D eigenvalue weighted by atomic mass is 10.1. The lowest BCUT2D eigenvalue weighted by Gasteiger charge is -2.15. The molecule has 20 heavy (non-hydrogen) atoms. The third-order valence-corrected chi connectivity index (χ3v) is 3.65. The maximum Gasteiger partial charge on any atom is 0.124 e. The van der Waals surface area contributed by atoms with Crippen molar-refractivity contribution in [2.24, 2.45) is 5.73 Å². The molecular weight excluding hydrogens is 321 g/mol. The van der Waals surface area contributed by atoms with E-state index in [0.717, 1.165) is 26.9 Å². The Hall–Kier alpha value is -1.39. The van der Waals surface area contributed by atoms with Crippen molar-refractivity contribution in [2.75, 3.05) is 0 Å². The van der Waals surface area contributed by atoms with E-state index in [1.165, 1.54) is 12.1 Å². The highest BCUT2D eigenvalue weighted by atomic mass is 79.9. The lowest BCUT2D eigenvalue weighted by Crippen LogP contribution is -2.08. The lowest BCUT2D eigenvalue weighted by molar-refractivity contribution is 0.300. The molecule has 0 fully saturated rings. The number of aryl methyl sites for hydroxylation is 1. The van der Waals surface area contributed by atoms with E-state index in [4.69, 9.17) is 10.5 Å².